The Morgan fingerprint density at radius 3 is 2.71 bits per heavy atom. The molecule has 1 aromatic carbocycles. The second-order valence-corrected chi connectivity index (χ2v) is 4.11. The van der Waals surface area contributed by atoms with E-state index < -0.39 is 5.79 Å². The third-order valence-corrected chi connectivity index (χ3v) is 2.94. The molecule has 0 saturated carbocycles. The Hall–Kier alpha value is -0.840. The highest BCUT2D eigenvalue weighted by molar-refractivity contribution is 6.17. The van der Waals surface area contributed by atoms with Crippen molar-refractivity contribution in [1.82, 2.24) is 0 Å². The average Bonchev–Trinajstić information content (AvgIpc) is 2.79. The SMILES string of the molecule is COc1ccc(F)cc1C1(CCCl)OCCO1. The summed E-state index contributed by atoms with van der Waals surface area (Å²) in [5.41, 5.74) is 0.554. The number of hydrogen-bond acceptors (Lipinski definition) is 3. The molecule has 0 amide bonds. The van der Waals surface area contributed by atoms with Crippen LogP contribution < -0.4 is 4.74 Å². The van der Waals surface area contributed by atoms with Gasteiger partial charge in [-0.15, -0.1) is 11.6 Å². The van der Waals surface area contributed by atoms with Gasteiger partial charge in [0.15, 0.2) is 5.79 Å². The van der Waals surface area contributed by atoms with Crippen molar-refractivity contribution >= 4 is 11.6 Å². The van der Waals surface area contributed by atoms with Crippen LogP contribution >= 0.6 is 11.6 Å². The van der Waals surface area contributed by atoms with Crippen LogP contribution in [0.25, 0.3) is 0 Å². The van der Waals surface area contributed by atoms with E-state index in [1.54, 1.807) is 6.07 Å². The largest absolute Gasteiger partial charge is 0.496 e. The van der Waals surface area contributed by atoms with Crippen molar-refractivity contribution in [1.29, 1.82) is 0 Å². The lowest BCUT2D eigenvalue weighted by Crippen LogP contribution is -2.28. The van der Waals surface area contributed by atoms with Crippen molar-refractivity contribution in [2.24, 2.45) is 0 Å². The molecule has 0 aromatic heterocycles. The van der Waals surface area contributed by atoms with Crippen LogP contribution in [0.2, 0.25) is 0 Å². The number of halogens is 2. The minimum absolute atomic E-state index is 0.353. The van der Waals surface area contributed by atoms with Gasteiger partial charge in [-0.25, -0.2) is 4.39 Å². The molecule has 0 bridgehead atoms. The Labute approximate surface area is 104 Å². The van der Waals surface area contributed by atoms with Crippen LogP contribution in [0.4, 0.5) is 4.39 Å². The molecule has 1 aromatic rings. The number of benzene rings is 1. The summed E-state index contributed by atoms with van der Waals surface area (Å²) in [6.45, 7) is 0.938. The van der Waals surface area contributed by atoms with E-state index in [2.05, 4.69) is 0 Å². The van der Waals surface area contributed by atoms with Gasteiger partial charge in [-0.1, -0.05) is 0 Å². The van der Waals surface area contributed by atoms with Gasteiger partial charge in [-0.2, -0.15) is 0 Å². The van der Waals surface area contributed by atoms with E-state index in [0.717, 1.165) is 0 Å². The van der Waals surface area contributed by atoms with Crippen LogP contribution in [0.1, 0.15) is 12.0 Å². The summed E-state index contributed by atoms with van der Waals surface area (Å²) in [4.78, 5) is 0. The van der Waals surface area contributed by atoms with Crippen molar-refractivity contribution in [3.8, 4) is 5.75 Å². The first kappa shape index (κ1) is 12.6. The first-order valence-corrected chi connectivity index (χ1v) is 5.93. The molecule has 0 spiro atoms. The molecule has 5 heteroatoms. The molecule has 1 heterocycles. The number of ether oxygens (including phenoxy) is 3. The number of alkyl halides is 1. The molecular weight excluding hydrogens is 247 g/mol. The van der Waals surface area contributed by atoms with Crippen LogP contribution in [0.5, 0.6) is 5.75 Å². The lowest BCUT2D eigenvalue weighted by atomic mass is 10.0. The zero-order valence-electron chi connectivity index (χ0n) is 9.54. The van der Waals surface area contributed by atoms with Gasteiger partial charge in [-0.3, -0.25) is 0 Å². The molecular formula is C12H14ClFO3. The molecule has 0 N–H and O–H groups in total. The molecule has 0 atom stereocenters. The summed E-state index contributed by atoms with van der Waals surface area (Å²) in [5.74, 6) is -0.429. The predicted octanol–water partition coefficient (Wildman–Crippen LogP) is 2.66. The number of rotatable bonds is 4. The van der Waals surface area contributed by atoms with Gasteiger partial charge in [0.1, 0.15) is 11.6 Å². The Bertz CT molecular complexity index is 391. The summed E-state index contributed by atoms with van der Waals surface area (Å²) in [7, 11) is 1.53. The minimum atomic E-state index is -0.977. The zero-order chi connectivity index (χ0) is 12.3. The fourth-order valence-corrected chi connectivity index (χ4v) is 2.24. The fourth-order valence-electron chi connectivity index (χ4n) is 1.99. The van der Waals surface area contributed by atoms with E-state index in [-0.39, 0.29) is 5.82 Å². The molecule has 0 radical (unpaired) electrons. The van der Waals surface area contributed by atoms with E-state index in [0.29, 0.717) is 36.8 Å². The normalized spacial score (nSPS) is 18.3. The molecule has 17 heavy (non-hydrogen) atoms. The second kappa shape index (κ2) is 5.21. The first-order valence-electron chi connectivity index (χ1n) is 5.40. The summed E-state index contributed by atoms with van der Waals surface area (Å²) in [6, 6.07) is 4.27. The zero-order valence-corrected chi connectivity index (χ0v) is 10.3. The van der Waals surface area contributed by atoms with Crippen LogP contribution in [-0.2, 0) is 15.3 Å². The number of methoxy groups -OCH3 is 1. The van der Waals surface area contributed by atoms with Gasteiger partial charge in [-0.05, 0) is 18.2 Å². The van der Waals surface area contributed by atoms with Gasteiger partial charge >= 0.3 is 0 Å². The van der Waals surface area contributed by atoms with E-state index >= 15 is 0 Å². The Balaban J connectivity index is 2.44. The van der Waals surface area contributed by atoms with Crippen LogP contribution in [0.3, 0.4) is 0 Å². The smallest absolute Gasteiger partial charge is 0.199 e. The lowest BCUT2D eigenvalue weighted by Gasteiger charge is -2.28. The molecule has 1 aliphatic heterocycles. The molecule has 1 fully saturated rings. The van der Waals surface area contributed by atoms with Gasteiger partial charge < -0.3 is 14.2 Å². The van der Waals surface area contributed by atoms with Gasteiger partial charge in [0.25, 0.3) is 0 Å². The lowest BCUT2D eigenvalue weighted by molar-refractivity contribution is -0.168. The Morgan fingerprint density at radius 1 is 1.41 bits per heavy atom. The average molecular weight is 261 g/mol. The van der Waals surface area contributed by atoms with Crippen molar-refractivity contribution in [3.63, 3.8) is 0 Å². The Morgan fingerprint density at radius 2 is 2.12 bits per heavy atom. The summed E-state index contributed by atoms with van der Waals surface area (Å²) in [5, 5.41) is 0. The Kier molecular flexibility index (Phi) is 3.86. The molecule has 1 saturated heterocycles. The monoisotopic (exact) mass is 260 g/mol. The topological polar surface area (TPSA) is 27.7 Å². The fraction of sp³-hybridized carbons (Fsp3) is 0.500. The molecule has 0 unspecified atom stereocenters. The van der Waals surface area contributed by atoms with Crippen molar-refractivity contribution in [2.45, 2.75) is 12.2 Å². The maximum atomic E-state index is 13.3. The highest BCUT2D eigenvalue weighted by atomic mass is 35.5. The van der Waals surface area contributed by atoms with Gasteiger partial charge in [0.05, 0.1) is 25.9 Å². The summed E-state index contributed by atoms with van der Waals surface area (Å²) < 4.78 is 29.8. The second-order valence-electron chi connectivity index (χ2n) is 3.73. The van der Waals surface area contributed by atoms with Crippen LogP contribution in [0.15, 0.2) is 18.2 Å². The van der Waals surface area contributed by atoms with Crippen LogP contribution in [0, 0.1) is 5.82 Å². The maximum absolute atomic E-state index is 13.3. The molecule has 94 valence electrons. The van der Waals surface area contributed by atoms with Crippen molar-refractivity contribution in [2.75, 3.05) is 26.2 Å². The highest BCUT2D eigenvalue weighted by Gasteiger charge is 2.40. The first-order chi connectivity index (χ1) is 8.22. The van der Waals surface area contributed by atoms with E-state index in [4.69, 9.17) is 25.8 Å². The molecule has 3 nitrogen and oxygen atoms in total. The minimum Gasteiger partial charge on any atom is -0.496 e. The molecule has 1 aliphatic rings. The third kappa shape index (κ3) is 2.39. The third-order valence-electron chi connectivity index (χ3n) is 2.75. The van der Waals surface area contributed by atoms with E-state index in [9.17, 15) is 4.39 Å². The predicted molar refractivity (Wildman–Crippen MR) is 61.9 cm³/mol. The summed E-state index contributed by atoms with van der Waals surface area (Å²) in [6.07, 6.45) is 0.453. The van der Waals surface area contributed by atoms with Crippen molar-refractivity contribution < 1.29 is 18.6 Å². The van der Waals surface area contributed by atoms with E-state index in [1.165, 1.54) is 19.2 Å². The highest BCUT2D eigenvalue weighted by Crippen LogP contribution is 2.40. The van der Waals surface area contributed by atoms with E-state index in [1.807, 2.05) is 0 Å². The number of hydrogen-bond donors (Lipinski definition) is 0. The maximum Gasteiger partial charge on any atom is 0.199 e. The summed E-state index contributed by atoms with van der Waals surface area (Å²) >= 11 is 5.76. The molecule has 2 rings (SSSR count). The standard InChI is InChI=1S/C12H14ClFO3/c1-15-11-3-2-9(14)8-10(11)12(4-5-13)16-6-7-17-12/h2-3,8H,4-7H2,1H3. The quantitative estimate of drug-likeness (QED) is 0.779. The van der Waals surface area contributed by atoms with Gasteiger partial charge in [0, 0.05) is 12.3 Å². The molecule has 0 aliphatic carbocycles. The van der Waals surface area contributed by atoms with Crippen molar-refractivity contribution in [3.05, 3.63) is 29.6 Å². The van der Waals surface area contributed by atoms with Gasteiger partial charge in [0.2, 0.25) is 0 Å². The van der Waals surface area contributed by atoms with Crippen LogP contribution in [-0.4, -0.2) is 26.2 Å².